The van der Waals surface area contributed by atoms with Gasteiger partial charge in [-0.25, -0.2) is 9.50 Å². The number of rotatable bonds is 6. The number of pyridine rings is 1. The van der Waals surface area contributed by atoms with Crippen LogP contribution < -0.4 is 15.0 Å². The van der Waals surface area contributed by atoms with E-state index in [2.05, 4.69) is 46.6 Å². The lowest BCUT2D eigenvalue weighted by Gasteiger charge is -2.29. The molecule has 8 nitrogen and oxygen atoms in total. The molecule has 0 aliphatic carbocycles. The smallest absolute Gasteiger partial charge is 0.182 e. The van der Waals surface area contributed by atoms with Crippen LogP contribution in [0.3, 0.4) is 0 Å². The summed E-state index contributed by atoms with van der Waals surface area (Å²) in [5, 5.41) is 19.6. The Kier molecular flexibility index (Phi) is 6.05. The summed E-state index contributed by atoms with van der Waals surface area (Å²) in [4.78, 5) is 7.12. The van der Waals surface area contributed by atoms with Gasteiger partial charge in [0, 0.05) is 36.3 Å². The van der Waals surface area contributed by atoms with Crippen molar-refractivity contribution in [3.8, 4) is 23.2 Å². The Morgan fingerprint density at radius 2 is 1.86 bits per heavy atom. The zero-order valence-electron chi connectivity index (χ0n) is 20.5. The largest absolute Gasteiger partial charge is 0.497 e. The van der Waals surface area contributed by atoms with Gasteiger partial charge in [0.05, 0.1) is 31.5 Å². The molecule has 37 heavy (non-hydrogen) atoms. The number of ether oxygens (including phenoxy) is 2. The predicted octanol–water partition coefficient (Wildman–Crippen LogP) is 4.88. The maximum absolute atomic E-state index is 10.3. The maximum Gasteiger partial charge on any atom is 0.182 e. The van der Waals surface area contributed by atoms with Crippen LogP contribution in [0.2, 0.25) is 0 Å². The molecule has 1 aliphatic rings. The molecular formula is C29H26N6O2. The van der Waals surface area contributed by atoms with E-state index in [0.717, 1.165) is 52.2 Å². The highest BCUT2D eigenvalue weighted by Crippen LogP contribution is 2.35. The van der Waals surface area contributed by atoms with E-state index in [1.165, 1.54) is 0 Å². The van der Waals surface area contributed by atoms with Gasteiger partial charge in [-0.15, -0.1) is 5.10 Å². The number of morpholine rings is 1. The van der Waals surface area contributed by atoms with E-state index in [4.69, 9.17) is 19.6 Å². The third kappa shape index (κ3) is 4.30. The van der Waals surface area contributed by atoms with Crippen molar-refractivity contribution in [1.82, 2.24) is 14.6 Å². The summed E-state index contributed by atoms with van der Waals surface area (Å²) in [7, 11) is 1.63. The standard InChI is InChI=1S/C29H26N6O2/c1-36-23-9-5-8-21(16-23)28-32-29-25(18-30)27(31-19-20-6-3-2-4-7-20)24-17-22(34-12-14-37-15-13-34)10-11-26(24)35(29)33-28/h2-11,16-17,31H,12-15,19H2,1H3. The van der Waals surface area contributed by atoms with Gasteiger partial charge in [-0.2, -0.15) is 5.26 Å². The molecule has 1 fully saturated rings. The first kappa shape index (κ1) is 22.8. The number of methoxy groups -OCH3 is 1. The summed E-state index contributed by atoms with van der Waals surface area (Å²) in [6, 6.07) is 26.5. The highest BCUT2D eigenvalue weighted by atomic mass is 16.5. The number of nitrogens with zero attached hydrogens (tertiary/aromatic N) is 5. The van der Waals surface area contributed by atoms with Gasteiger partial charge in [-0.3, -0.25) is 0 Å². The topological polar surface area (TPSA) is 87.7 Å². The maximum atomic E-state index is 10.3. The number of hydrogen-bond donors (Lipinski definition) is 1. The number of fused-ring (bicyclic) bond motifs is 3. The van der Waals surface area contributed by atoms with E-state index in [1.54, 1.807) is 11.6 Å². The van der Waals surface area contributed by atoms with Gasteiger partial charge in [0.2, 0.25) is 0 Å². The summed E-state index contributed by atoms with van der Waals surface area (Å²) in [6.45, 7) is 3.64. The second-order valence-corrected chi connectivity index (χ2v) is 8.90. The molecule has 8 heteroatoms. The second-order valence-electron chi connectivity index (χ2n) is 8.90. The molecule has 1 saturated heterocycles. The van der Waals surface area contributed by atoms with E-state index < -0.39 is 0 Å². The molecule has 6 rings (SSSR count). The Hall–Kier alpha value is -4.61. The van der Waals surface area contributed by atoms with Gasteiger partial charge in [-0.05, 0) is 35.9 Å². The zero-order valence-corrected chi connectivity index (χ0v) is 20.5. The van der Waals surface area contributed by atoms with Crippen LogP contribution in [0.15, 0.2) is 72.8 Å². The molecule has 2 aromatic heterocycles. The van der Waals surface area contributed by atoms with E-state index >= 15 is 0 Å². The predicted molar refractivity (Wildman–Crippen MR) is 144 cm³/mol. The molecule has 0 atom stereocenters. The molecule has 0 spiro atoms. The zero-order chi connectivity index (χ0) is 25.2. The SMILES string of the molecule is COc1cccc(-c2nc3c(C#N)c(NCc4ccccc4)c4cc(N5CCOCC5)ccc4n3n2)c1. The molecule has 0 saturated carbocycles. The van der Waals surface area contributed by atoms with Crippen LogP contribution in [0.25, 0.3) is 27.9 Å². The lowest BCUT2D eigenvalue weighted by atomic mass is 10.1. The average Bonchev–Trinajstić information content (AvgIpc) is 3.42. The molecule has 5 aromatic rings. The van der Waals surface area contributed by atoms with Crippen molar-refractivity contribution in [3.63, 3.8) is 0 Å². The van der Waals surface area contributed by atoms with Crippen molar-refractivity contribution < 1.29 is 9.47 Å². The summed E-state index contributed by atoms with van der Waals surface area (Å²) in [6.07, 6.45) is 0. The molecule has 0 amide bonds. The van der Waals surface area contributed by atoms with Gasteiger partial charge in [0.1, 0.15) is 17.4 Å². The molecule has 3 heterocycles. The quantitative estimate of drug-likeness (QED) is 0.363. The summed E-state index contributed by atoms with van der Waals surface area (Å²) in [5.41, 5.74) is 5.66. The minimum absolute atomic E-state index is 0.462. The lowest BCUT2D eigenvalue weighted by Crippen LogP contribution is -2.36. The van der Waals surface area contributed by atoms with Crippen LogP contribution in [-0.4, -0.2) is 48.0 Å². The average molecular weight is 491 g/mol. The van der Waals surface area contributed by atoms with E-state index in [9.17, 15) is 5.26 Å². The van der Waals surface area contributed by atoms with Crippen molar-refractivity contribution in [2.45, 2.75) is 6.54 Å². The summed E-state index contributed by atoms with van der Waals surface area (Å²) >= 11 is 0. The first-order valence-electron chi connectivity index (χ1n) is 12.3. The minimum Gasteiger partial charge on any atom is -0.497 e. The molecule has 0 unspecified atom stereocenters. The van der Waals surface area contributed by atoms with Crippen LogP contribution in [0.4, 0.5) is 11.4 Å². The lowest BCUT2D eigenvalue weighted by molar-refractivity contribution is 0.122. The second kappa shape index (κ2) is 9.80. The minimum atomic E-state index is 0.462. The monoisotopic (exact) mass is 490 g/mol. The number of benzene rings is 3. The van der Waals surface area contributed by atoms with Gasteiger partial charge in [0.25, 0.3) is 0 Å². The third-order valence-corrected chi connectivity index (χ3v) is 6.69. The Labute approximate surface area is 214 Å². The molecule has 0 bridgehead atoms. The number of hydrogen-bond acceptors (Lipinski definition) is 7. The number of aromatic nitrogens is 3. The van der Waals surface area contributed by atoms with Crippen molar-refractivity contribution in [1.29, 1.82) is 5.26 Å². The van der Waals surface area contributed by atoms with Gasteiger partial charge < -0.3 is 19.7 Å². The Balaban J connectivity index is 1.55. The van der Waals surface area contributed by atoms with Crippen molar-refractivity contribution >= 4 is 27.9 Å². The van der Waals surface area contributed by atoms with Gasteiger partial charge >= 0.3 is 0 Å². The third-order valence-electron chi connectivity index (χ3n) is 6.69. The van der Waals surface area contributed by atoms with Crippen molar-refractivity contribution in [2.24, 2.45) is 0 Å². The molecule has 1 aliphatic heterocycles. The van der Waals surface area contributed by atoms with Crippen LogP contribution in [0.1, 0.15) is 11.1 Å². The van der Waals surface area contributed by atoms with E-state index in [0.29, 0.717) is 36.8 Å². The Morgan fingerprint density at radius 1 is 1.03 bits per heavy atom. The highest BCUT2D eigenvalue weighted by molar-refractivity contribution is 6.00. The Bertz CT molecular complexity index is 1620. The van der Waals surface area contributed by atoms with Gasteiger partial charge in [0.15, 0.2) is 11.5 Å². The highest BCUT2D eigenvalue weighted by Gasteiger charge is 2.21. The van der Waals surface area contributed by atoms with Crippen molar-refractivity contribution in [2.75, 3.05) is 43.6 Å². The fourth-order valence-electron chi connectivity index (χ4n) is 4.78. The normalized spacial score (nSPS) is 13.6. The first-order chi connectivity index (χ1) is 18.2. The van der Waals surface area contributed by atoms with Crippen LogP contribution in [0.5, 0.6) is 5.75 Å². The molecule has 184 valence electrons. The summed E-state index contributed by atoms with van der Waals surface area (Å²) < 4.78 is 12.7. The van der Waals surface area contributed by atoms with Gasteiger partial charge in [-0.1, -0.05) is 42.5 Å². The molecular weight excluding hydrogens is 464 g/mol. The summed E-state index contributed by atoms with van der Waals surface area (Å²) in [5.74, 6) is 1.26. The molecule has 1 N–H and O–H groups in total. The van der Waals surface area contributed by atoms with Crippen LogP contribution >= 0.6 is 0 Å². The Morgan fingerprint density at radius 3 is 2.65 bits per heavy atom. The number of nitrogens with one attached hydrogen (secondary N) is 1. The van der Waals surface area contributed by atoms with E-state index in [-0.39, 0.29) is 0 Å². The fraction of sp³-hybridized carbons (Fsp3) is 0.207. The molecule has 0 radical (unpaired) electrons. The number of anilines is 2. The first-order valence-corrected chi connectivity index (χ1v) is 12.3. The van der Waals surface area contributed by atoms with Crippen LogP contribution in [-0.2, 0) is 11.3 Å². The van der Waals surface area contributed by atoms with Crippen molar-refractivity contribution in [3.05, 3.63) is 83.9 Å². The number of nitriles is 1. The fourth-order valence-corrected chi connectivity index (χ4v) is 4.78. The van der Waals surface area contributed by atoms with E-state index in [1.807, 2.05) is 42.5 Å². The molecule has 3 aromatic carbocycles. The van der Waals surface area contributed by atoms with Crippen LogP contribution in [0, 0.1) is 11.3 Å².